The summed E-state index contributed by atoms with van der Waals surface area (Å²) < 4.78 is 3.03. The van der Waals surface area contributed by atoms with E-state index in [0.29, 0.717) is 0 Å². The van der Waals surface area contributed by atoms with Gasteiger partial charge in [-0.2, -0.15) is 0 Å². The Hall–Kier alpha value is 9.28. The van der Waals surface area contributed by atoms with Crippen LogP contribution in [0.15, 0.2) is 0 Å². The fraction of sp³-hybridized carbons (Fsp3) is 1.00. The Morgan fingerprint density at radius 3 is 1.44 bits per heavy atom. The summed E-state index contributed by atoms with van der Waals surface area (Å²) in [5.74, 6) is 0. The zero-order chi connectivity index (χ0) is 20.4. The summed E-state index contributed by atoms with van der Waals surface area (Å²) in [5, 5.41) is 0. The van der Waals surface area contributed by atoms with E-state index >= 15 is 0 Å². The van der Waals surface area contributed by atoms with Gasteiger partial charge in [0.2, 0.25) is 0 Å². The maximum atomic E-state index is 5.30. The Bertz CT molecular complexity index is 181. The van der Waals surface area contributed by atoms with E-state index in [4.69, 9.17) is 7.85 Å². The van der Waals surface area contributed by atoms with Crippen LogP contribution < -0.4 is 0 Å². The van der Waals surface area contributed by atoms with Gasteiger partial charge in [-0.3, -0.25) is 0 Å². The average Bonchev–Trinajstić information content (AvgIpc) is 2.63. The van der Waals surface area contributed by atoms with E-state index in [2.05, 4.69) is 185 Å². The molecule has 0 aliphatic heterocycles. The standard InChI is InChI=1S/C8H17BI2.C5H10BI.CH3I.2I2.3Y/c1-9(2)6-5-8(11)4-3-7-10;1-2-5(7)3-4-6;3*1-2;;;/h8H,3-7H2,1-2H3;5H,2-4H2,1H3;1H3;;;;;. The summed E-state index contributed by atoms with van der Waals surface area (Å²) in [4.78, 5) is 1.97. The summed E-state index contributed by atoms with van der Waals surface area (Å²) in [6, 6.07) is 0. The molecule has 0 aromatic heterocycles. The molecule has 0 rings (SSSR count). The van der Waals surface area contributed by atoms with E-state index in [-0.39, 0.29) is 98.1 Å². The van der Waals surface area contributed by atoms with Crippen molar-refractivity contribution in [2.45, 2.75) is 73.2 Å². The number of halogens is 8. The smallest absolute Gasteiger partial charge is 0.0901 e. The fourth-order valence-electron chi connectivity index (χ4n) is 1.34. The molecule has 0 aromatic rings. The fourth-order valence-corrected chi connectivity index (χ4v) is 2.94. The van der Waals surface area contributed by atoms with Gasteiger partial charge >= 0.3 is 0 Å². The van der Waals surface area contributed by atoms with Crippen molar-refractivity contribution < 1.29 is 98.1 Å². The zero-order valence-corrected chi connectivity index (χ0v) is 42.5. The largest absolute Gasteiger partial charge is 0.133 e. The van der Waals surface area contributed by atoms with Crippen LogP contribution in [0.2, 0.25) is 26.3 Å². The molecule has 0 heterocycles. The molecule has 0 N–H and O–H groups in total. The molecule has 0 fully saturated rings. The molecule has 27 heavy (non-hydrogen) atoms. The van der Waals surface area contributed by atoms with Crippen molar-refractivity contribution in [3.63, 3.8) is 0 Å². The summed E-state index contributed by atoms with van der Waals surface area (Å²) in [7, 11) is 5.30. The second-order valence-electron chi connectivity index (χ2n) is 4.98. The van der Waals surface area contributed by atoms with Crippen molar-refractivity contribution in [2.75, 3.05) is 9.36 Å². The van der Waals surface area contributed by atoms with Crippen LogP contribution in [0.25, 0.3) is 0 Å². The van der Waals surface area contributed by atoms with Crippen molar-refractivity contribution >= 4 is 179 Å². The van der Waals surface area contributed by atoms with Crippen molar-refractivity contribution in [1.29, 1.82) is 0 Å². The van der Waals surface area contributed by atoms with Gasteiger partial charge in [-0.1, -0.05) is 124 Å². The summed E-state index contributed by atoms with van der Waals surface area (Å²) in [6.07, 6.45) is 8.86. The molecule has 0 nitrogen and oxygen atoms in total. The minimum atomic E-state index is 0. The van der Waals surface area contributed by atoms with Gasteiger partial charge in [0.15, 0.2) is 0 Å². The van der Waals surface area contributed by atoms with Crippen LogP contribution in [-0.2, 0) is 98.1 Å². The normalized spacial score (nSPS) is 9.63. The van der Waals surface area contributed by atoms with Crippen molar-refractivity contribution in [3.05, 3.63) is 0 Å². The molecular weight excluding hydrogens is 1470 g/mol. The summed E-state index contributed by atoms with van der Waals surface area (Å²) >= 11 is 18.1. The maximum absolute atomic E-state index is 5.30. The van der Waals surface area contributed by atoms with E-state index in [9.17, 15) is 0 Å². The Morgan fingerprint density at radius 1 is 0.815 bits per heavy atom. The molecule has 0 amide bonds. The average molecular weight is 1500 g/mol. The molecule has 0 aliphatic carbocycles. The number of rotatable bonds is 9. The van der Waals surface area contributed by atoms with E-state index in [1.54, 1.807) is 0 Å². The first-order chi connectivity index (χ1) is 11.5. The Morgan fingerprint density at radius 2 is 1.22 bits per heavy atom. The minimum Gasteiger partial charge on any atom is -0.0901 e. The van der Waals surface area contributed by atoms with Crippen LogP contribution in [0.3, 0.4) is 0 Å². The van der Waals surface area contributed by atoms with E-state index in [0.717, 1.165) is 27.3 Å². The zero-order valence-electron chi connectivity index (χ0n) is 16.7. The van der Waals surface area contributed by atoms with Gasteiger partial charge in [0.05, 0.1) is 7.85 Å². The van der Waals surface area contributed by atoms with Crippen molar-refractivity contribution in [3.8, 4) is 0 Å². The third-order valence-electron chi connectivity index (χ3n) is 2.63. The third kappa shape index (κ3) is 72.1. The SMILES string of the molecule is CB(C)CCC(I)CCCI.CI.II.II.[B]CCC(I)CC.[Y].[Y].[Y]. The monoisotopic (exact) mass is 1500 g/mol. The summed E-state index contributed by atoms with van der Waals surface area (Å²) in [6.45, 7) is 7.68. The molecule has 2 unspecified atom stereocenters. The predicted molar refractivity (Wildman–Crippen MR) is 192 cm³/mol. The molecule has 157 valence electrons. The van der Waals surface area contributed by atoms with Crippen LogP contribution >= 0.6 is 165 Å². The van der Waals surface area contributed by atoms with Gasteiger partial charge in [0.25, 0.3) is 0 Å². The molecule has 2 atom stereocenters. The molecule has 0 saturated heterocycles. The maximum Gasteiger partial charge on any atom is 0.133 e. The van der Waals surface area contributed by atoms with Crippen LogP contribution in [0.5, 0.6) is 0 Å². The topological polar surface area (TPSA) is 0 Å². The molecule has 0 spiro atoms. The number of hydrogen-bond acceptors (Lipinski definition) is 0. The minimum absolute atomic E-state index is 0. The summed E-state index contributed by atoms with van der Waals surface area (Å²) in [5.41, 5.74) is 0. The molecule has 0 aliphatic rings. The van der Waals surface area contributed by atoms with Crippen LogP contribution in [-0.4, -0.2) is 31.8 Å². The van der Waals surface area contributed by atoms with Crippen molar-refractivity contribution in [2.24, 2.45) is 0 Å². The molecule has 13 heteroatoms. The van der Waals surface area contributed by atoms with Gasteiger partial charge in [0, 0.05) is 180 Å². The Labute approximate surface area is 350 Å². The molecule has 0 aromatic carbocycles. The second kappa shape index (κ2) is 60.0. The van der Waals surface area contributed by atoms with Gasteiger partial charge < -0.3 is 0 Å². The molecule has 0 saturated carbocycles. The van der Waals surface area contributed by atoms with Gasteiger partial charge in [0.1, 0.15) is 6.71 Å². The molecule has 0 bridgehead atoms. The van der Waals surface area contributed by atoms with Gasteiger partial charge in [-0.25, -0.2) is 0 Å². The van der Waals surface area contributed by atoms with Gasteiger partial charge in [-0.15, -0.1) is 0 Å². The first-order valence-electron chi connectivity index (χ1n) is 7.68. The van der Waals surface area contributed by atoms with E-state index < -0.39 is 0 Å². The van der Waals surface area contributed by atoms with Gasteiger partial charge in [-0.05, 0) is 41.5 Å². The van der Waals surface area contributed by atoms with Crippen molar-refractivity contribution in [1.82, 2.24) is 0 Å². The van der Waals surface area contributed by atoms with Crippen LogP contribution in [0.4, 0.5) is 0 Å². The van der Waals surface area contributed by atoms with E-state index in [1.165, 1.54) is 36.4 Å². The molecule has 5 radical (unpaired) electrons. The Kier molecular flexibility index (Phi) is 126. The predicted octanol–water partition coefficient (Wildman–Crippen LogP) is 10.9. The molecular formula is C14H30B2I8Y3. The first kappa shape index (κ1) is 56.5. The second-order valence-corrected chi connectivity index (χ2v) is 9.58. The van der Waals surface area contributed by atoms with Crippen LogP contribution in [0, 0.1) is 0 Å². The van der Waals surface area contributed by atoms with Crippen LogP contribution in [0.1, 0.15) is 39.0 Å². The number of hydrogen-bond donors (Lipinski definition) is 0. The number of alkyl halides is 4. The Balaban J connectivity index is -0.0000000331. The first-order valence-corrected chi connectivity index (χ1v) is 26.4. The third-order valence-corrected chi connectivity index (χ3v) is 6.14. The van der Waals surface area contributed by atoms with E-state index in [1.807, 2.05) is 4.93 Å². The quantitative estimate of drug-likeness (QED) is 0.123.